The smallest absolute Gasteiger partial charge is 0.303 e. The molecule has 0 unspecified atom stereocenters. The molecule has 0 aromatic heterocycles. The van der Waals surface area contributed by atoms with Gasteiger partial charge in [0.15, 0.2) is 11.5 Å². The lowest BCUT2D eigenvalue weighted by molar-refractivity contribution is 0.0940. The van der Waals surface area contributed by atoms with E-state index in [4.69, 9.17) is 9.47 Å². The summed E-state index contributed by atoms with van der Waals surface area (Å²) in [5, 5.41) is 2.96. The standard InChI is InChI=1S/C22H31N3O5S/c1-7-29-20-14-11-18(15-21(20)30-8-2)16(3)23-22(26)17-9-12-19(13-10-17)25(6)31(27,28)24(4)5/h9-16H,7-8H2,1-6H3,(H,23,26)/t16-/m0/s1. The van der Waals surface area contributed by atoms with E-state index in [2.05, 4.69) is 5.32 Å². The fourth-order valence-electron chi connectivity index (χ4n) is 2.90. The van der Waals surface area contributed by atoms with Crippen molar-refractivity contribution < 1.29 is 22.7 Å². The van der Waals surface area contributed by atoms with Crippen molar-refractivity contribution in [1.29, 1.82) is 0 Å². The molecular weight excluding hydrogens is 418 g/mol. The number of amides is 1. The molecule has 1 atom stereocenters. The van der Waals surface area contributed by atoms with Crippen LogP contribution in [0.15, 0.2) is 42.5 Å². The van der Waals surface area contributed by atoms with Gasteiger partial charge in [0.25, 0.3) is 5.91 Å². The topological polar surface area (TPSA) is 88.2 Å². The fraction of sp³-hybridized carbons (Fsp3) is 0.409. The normalized spacial score (nSPS) is 12.4. The van der Waals surface area contributed by atoms with E-state index >= 15 is 0 Å². The van der Waals surface area contributed by atoms with E-state index in [1.165, 1.54) is 21.1 Å². The minimum absolute atomic E-state index is 0.260. The summed E-state index contributed by atoms with van der Waals surface area (Å²) in [5.41, 5.74) is 1.78. The number of hydrogen-bond donors (Lipinski definition) is 1. The predicted molar refractivity (Wildman–Crippen MR) is 122 cm³/mol. The highest BCUT2D eigenvalue weighted by Gasteiger charge is 2.21. The number of carbonyl (C=O) groups excluding carboxylic acids is 1. The van der Waals surface area contributed by atoms with Crippen molar-refractivity contribution in [3.63, 3.8) is 0 Å². The highest BCUT2D eigenvalue weighted by Crippen LogP contribution is 2.31. The van der Waals surface area contributed by atoms with E-state index in [0.29, 0.717) is 36.0 Å². The first kappa shape index (κ1) is 24.5. The highest BCUT2D eigenvalue weighted by molar-refractivity contribution is 7.90. The molecule has 0 aliphatic rings. The maximum atomic E-state index is 12.7. The van der Waals surface area contributed by atoms with Crippen LogP contribution in [0.4, 0.5) is 5.69 Å². The average Bonchev–Trinajstić information content (AvgIpc) is 2.74. The van der Waals surface area contributed by atoms with Gasteiger partial charge in [-0.15, -0.1) is 0 Å². The molecule has 0 saturated carbocycles. The Hall–Kier alpha value is -2.78. The van der Waals surface area contributed by atoms with Crippen LogP contribution in [-0.4, -0.2) is 53.0 Å². The lowest BCUT2D eigenvalue weighted by atomic mass is 10.1. The van der Waals surface area contributed by atoms with Crippen LogP contribution in [0, 0.1) is 0 Å². The Morgan fingerprint density at radius 1 is 0.968 bits per heavy atom. The second kappa shape index (κ2) is 10.5. The predicted octanol–water partition coefficient (Wildman–Crippen LogP) is 3.22. The van der Waals surface area contributed by atoms with Crippen LogP contribution in [0.3, 0.4) is 0 Å². The van der Waals surface area contributed by atoms with Gasteiger partial charge in [-0.25, -0.2) is 0 Å². The first-order chi connectivity index (χ1) is 14.6. The monoisotopic (exact) mass is 449 g/mol. The molecule has 0 bridgehead atoms. The second-order valence-corrected chi connectivity index (χ2v) is 9.25. The van der Waals surface area contributed by atoms with Gasteiger partial charge >= 0.3 is 10.2 Å². The first-order valence-corrected chi connectivity index (χ1v) is 11.5. The van der Waals surface area contributed by atoms with Crippen molar-refractivity contribution in [3.05, 3.63) is 53.6 Å². The third-order valence-electron chi connectivity index (χ3n) is 4.72. The van der Waals surface area contributed by atoms with E-state index in [1.54, 1.807) is 24.3 Å². The number of carbonyl (C=O) groups is 1. The zero-order valence-corrected chi connectivity index (χ0v) is 19.7. The largest absolute Gasteiger partial charge is 0.490 e. The van der Waals surface area contributed by atoms with Gasteiger partial charge in [0.2, 0.25) is 0 Å². The van der Waals surface area contributed by atoms with Gasteiger partial charge in [0, 0.05) is 26.7 Å². The van der Waals surface area contributed by atoms with Crippen LogP contribution in [0.25, 0.3) is 0 Å². The molecular formula is C22H31N3O5S. The summed E-state index contributed by atoms with van der Waals surface area (Å²) in [7, 11) is 0.806. The lowest BCUT2D eigenvalue weighted by Crippen LogP contribution is -2.37. The molecule has 1 N–H and O–H groups in total. The zero-order valence-electron chi connectivity index (χ0n) is 18.9. The molecule has 0 saturated heterocycles. The summed E-state index contributed by atoms with van der Waals surface area (Å²) in [6, 6.07) is 11.7. The van der Waals surface area contributed by atoms with Crippen LogP contribution in [-0.2, 0) is 10.2 Å². The minimum atomic E-state index is -3.59. The molecule has 2 rings (SSSR count). The van der Waals surface area contributed by atoms with Gasteiger partial charge in [-0.3, -0.25) is 9.10 Å². The number of hydrogen-bond acceptors (Lipinski definition) is 5. The van der Waals surface area contributed by atoms with Gasteiger partial charge in [-0.1, -0.05) is 6.07 Å². The molecule has 0 fully saturated rings. The highest BCUT2D eigenvalue weighted by atomic mass is 32.2. The lowest BCUT2D eigenvalue weighted by Gasteiger charge is -2.23. The first-order valence-electron chi connectivity index (χ1n) is 10.1. The number of ether oxygens (including phenoxy) is 2. The molecule has 2 aromatic rings. The summed E-state index contributed by atoms with van der Waals surface area (Å²) in [6.45, 7) is 6.74. The summed E-state index contributed by atoms with van der Waals surface area (Å²) in [5.74, 6) is 1.04. The van der Waals surface area contributed by atoms with Crippen molar-refractivity contribution >= 4 is 21.8 Å². The molecule has 0 heterocycles. The molecule has 31 heavy (non-hydrogen) atoms. The van der Waals surface area contributed by atoms with Crippen molar-refractivity contribution in [1.82, 2.24) is 9.62 Å². The van der Waals surface area contributed by atoms with Crippen LogP contribution in [0.1, 0.15) is 42.7 Å². The summed E-state index contributed by atoms with van der Waals surface area (Å²) < 4.78 is 38.0. The number of nitrogens with zero attached hydrogens (tertiary/aromatic N) is 2. The molecule has 2 aromatic carbocycles. The van der Waals surface area contributed by atoms with Gasteiger partial charge in [-0.2, -0.15) is 12.7 Å². The Morgan fingerprint density at radius 3 is 2.10 bits per heavy atom. The molecule has 8 nitrogen and oxygen atoms in total. The van der Waals surface area contributed by atoms with Crippen molar-refractivity contribution in [2.24, 2.45) is 0 Å². The van der Waals surface area contributed by atoms with Gasteiger partial charge < -0.3 is 14.8 Å². The summed E-state index contributed by atoms with van der Waals surface area (Å²) in [4.78, 5) is 12.7. The van der Waals surface area contributed by atoms with Gasteiger partial charge in [0.1, 0.15) is 0 Å². The zero-order chi connectivity index (χ0) is 23.2. The number of rotatable bonds is 10. The molecule has 1 amide bonds. The van der Waals surface area contributed by atoms with Crippen molar-refractivity contribution in [3.8, 4) is 11.5 Å². The van der Waals surface area contributed by atoms with E-state index in [9.17, 15) is 13.2 Å². The number of anilines is 1. The third-order valence-corrected chi connectivity index (χ3v) is 6.54. The van der Waals surface area contributed by atoms with Crippen LogP contribution >= 0.6 is 0 Å². The Bertz CT molecular complexity index is 991. The summed E-state index contributed by atoms with van der Waals surface area (Å²) >= 11 is 0. The minimum Gasteiger partial charge on any atom is -0.490 e. The molecule has 0 aliphatic heterocycles. The van der Waals surface area contributed by atoms with Gasteiger partial charge in [-0.05, 0) is 62.7 Å². The van der Waals surface area contributed by atoms with Gasteiger partial charge in [0.05, 0.1) is 24.9 Å². The van der Waals surface area contributed by atoms with Crippen LogP contribution in [0.5, 0.6) is 11.5 Å². The molecule has 0 radical (unpaired) electrons. The Labute approximate surface area is 184 Å². The molecule has 0 spiro atoms. The third kappa shape index (κ3) is 5.89. The maximum absolute atomic E-state index is 12.7. The van der Waals surface area contributed by atoms with E-state index in [0.717, 1.165) is 14.2 Å². The quantitative estimate of drug-likeness (QED) is 0.602. The maximum Gasteiger partial charge on any atom is 0.303 e. The molecule has 9 heteroatoms. The molecule has 170 valence electrons. The van der Waals surface area contributed by atoms with E-state index < -0.39 is 10.2 Å². The SMILES string of the molecule is CCOc1ccc([C@H](C)NC(=O)c2ccc(N(C)S(=O)(=O)N(C)C)cc2)cc1OCC. The van der Waals surface area contributed by atoms with E-state index in [-0.39, 0.29) is 11.9 Å². The molecule has 0 aliphatic carbocycles. The van der Waals surface area contributed by atoms with Crippen LogP contribution in [0.2, 0.25) is 0 Å². The Morgan fingerprint density at radius 2 is 1.55 bits per heavy atom. The summed E-state index contributed by atoms with van der Waals surface area (Å²) in [6.07, 6.45) is 0. The van der Waals surface area contributed by atoms with Crippen molar-refractivity contribution in [2.75, 3.05) is 38.7 Å². The van der Waals surface area contributed by atoms with E-state index in [1.807, 2.05) is 39.0 Å². The number of nitrogens with one attached hydrogen (secondary N) is 1. The second-order valence-electron chi connectivity index (χ2n) is 7.07. The number of benzene rings is 2. The van der Waals surface area contributed by atoms with Crippen molar-refractivity contribution in [2.45, 2.75) is 26.8 Å². The van der Waals surface area contributed by atoms with Crippen LogP contribution < -0.4 is 19.1 Å². The fourth-order valence-corrected chi connectivity index (χ4v) is 3.78. The average molecular weight is 450 g/mol. The Kier molecular flexibility index (Phi) is 8.29. The Balaban J connectivity index is 2.13.